The van der Waals surface area contributed by atoms with Gasteiger partial charge in [-0.05, 0) is 66.2 Å². The molecule has 0 bridgehead atoms. The Morgan fingerprint density at radius 1 is 1.00 bits per heavy atom. The molecule has 1 aliphatic rings. The molecule has 0 saturated carbocycles. The van der Waals surface area contributed by atoms with E-state index in [0.29, 0.717) is 12.0 Å². The highest BCUT2D eigenvalue weighted by Gasteiger charge is 2.26. The van der Waals surface area contributed by atoms with Crippen molar-refractivity contribution in [1.29, 1.82) is 0 Å². The van der Waals surface area contributed by atoms with Gasteiger partial charge < -0.3 is 9.47 Å². The highest BCUT2D eigenvalue weighted by molar-refractivity contribution is 5.90. The molecule has 0 N–H and O–H groups in total. The average Bonchev–Trinajstić information content (AvgIpc) is 2.85. The van der Waals surface area contributed by atoms with Crippen LogP contribution >= 0.6 is 0 Å². The van der Waals surface area contributed by atoms with E-state index in [1.807, 2.05) is 0 Å². The lowest BCUT2D eigenvalue weighted by atomic mass is 10.0. The Hall–Kier alpha value is -2.10. The highest BCUT2D eigenvalue weighted by Crippen LogP contribution is 2.20. The Kier molecular flexibility index (Phi) is 9.71. The Morgan fingerprint density at radius 3 is 2.15 bits per heavy atom. The number of hydrogen-bond acceptors (Lipinski definition) is 4. The van der Waals surface area contributed by atoms with Crippen LogP contribution in [0, 0.1) is 0 Å². The summed E-state index contributed by atoms with van der Waals surface area (Å²) >= 11 is 0. The van der Waals surface area contributed by atoms with Gasteiger partial charge in [0.05, 0.1) is 0 Å². The van der Waals surface area contributed by atoms with E-state index in [-0.39, 0.29) is 0 Å². The molecule has 0 amide bonds. The van der Waals surface area contributed by atoms with E-state index in [4.69, 9.17) is 9.47 Å². The van der Waals surface area contributed by atoms with Gasteiger partial charge in [0.15, 0.2) is 0 Å². The Morgan fingerprint density at radius 2 is 1.58 bits per heavy atom. The second kappa shape index (κ2) is 11.5. The first kappa shape index (κ1) is 21.9. The van der Waals surface area contributed by atoms with E-state index in [2.05, 4.69) is 45.9 Å². The van der Waals surface area contributed by atoms with Gasteiger partial charge in [-0.25, -0.2) is 4.79 Å². The number of ether oxygens (including phenoxy) is 2. The van der Waals surface area contributed by atoms with Crippen molar-refractivity contribution >= 4 is 11.9 Å². The molecule has 26 heavy (non-hydrogen) atoms. The molecule has 0 fully saturated rings. The zero-order valence-corrected chi connectivity index (χ0v) is 16.8. The molecular formula is C22H32O4. The van der Waals surface area contributed by atoms with Gasteiger partial charge in [-0.1, -0.05) is 34.9 Å². The van der Waals surface area contributed by atoms with E-state index in [1.165, 1.54) is 23.6 Å². The second-order valence-corrected chi connectivity index (χ2v) is 7.07. The fourth-order valence-electron chi connectivity index (χ4n) is 2.67. The number of hydrogen-bond donors (Lipinski definition) is 0. The molecule has 0 aromatic carbocycles. The molecule has 0 spiro atoms. The zero-order valence-electron chi connectivity index (χ0n) is 16.8. The fourth-order valence-corrected chi connectivity index (χ4v) is 2.67. The minimum atomic E-state index is -0.862. The molecule has 1 atom stereocenters. The van der Waals surface area contributed by atoms with Crippen LogP contribution in [0.15, 0.2) is 46.6 Å². The summed E-state index contributed by atoms with van der Waals surface area (Å²) in [7, 11) is 0. The number of carbonyl (C=O) groups excluding carboxylic acids is 2. The summed E-state index contributed by atoms with van der Waals surface area (Å²) in [4.78, 5) is 22.6. The zero-order chi connectivity index (χ0) is 19.5. The minimum Gasteiger partial charge on any atom is -0.421 e. The smallest absolute Gasteiger partial charge is 0.337 e. The van der Waals surface area contributed by atoms with E-state index in [0.717, 1.165) is 32.1 Å². The molecule has 1 aliphatic heterocycles. The first-order chi connectivity index (χ1) is 12.3. The topological polar surface area (TPSA) is 52.6 Å². The van der Waals surface area contributed by atoms with E-state index in [1.54, 1.807) is 6.08 Å². The maximum absolute atomic E-state index is 11.7. The molecule has 0 aromatic heterocycles. The van der Waals surface area contributed by atoms with Gasteiger partial charge in [-0.3, -0.25) is 4.79 Å². The summed E-state index contributed by atoms with van der Waals surface area (Å²) in [5, 5.41) is 0. The number of carbonyl (C=O) groups is 2. The minimum absolute atomic E-state index is 0.391. The van der Waals surface area contributed by atoms with Gasteiger partial charge in [0.25, 0.3) is 6.29 Å². The van der Waals surface area contributed by atoms with Gasteiger partial charge in [0.1, 0.15) is 0 Å². The lowest BCUT2D eigenvalue weighted by molar-refractivity contribution is -0.171. The van der Waals surface area contributed by atoms with E-state index < -0.39 is 18.2 Å². The largest absolute Gasteiger partial charge is 0.421 e. The van der Waals surface area contributed by atoms with Crippen molar-refractivity contribution in [2.75, 3.05) is 0 Å². The standard InChI is InChI=1S/C22H32O4/c1-16(2)9-6-10-17(3)11-7-12-18(4)13-8-14-20-15-21(25-19(5)23)26-22(20)24/h9,11,13,15,21H,6-8,10,12,14H2,1-5H3/b17-11+,18-13+. The molecule has 4 nitrogen and oxygen atoms in total. The fraction of sp³-hybridized carbons (Fsp3) is 0.545. The van der Waals surface area contributed by atoms with Crippen molar-refractivity contribution in [3.8, 4) is 0 Å². The van der Waals surface area contributed by atoms with Crippen LogP contribution in [0.2, 0.25) is 0 Å². The quantitative estimate of drug-likeness (QED) is 0.378. The van der Waals surface area contributed by atoms with Crippen molar-refractivity contribution in [3.05, 3.63) is 46.6 Å². The normalized spacial score (nSPS) is 17.7. The molecule has 1 unspecified atom stereocenters. The van der Waals surface area contributed by atoms with Gasteiger partial charge in [0.2, 0.25) is 0 Å². The lowest BCUT2D eigenvalue weighted by Gasteiger charge is -2.06. The number of esters is 2. The van der Waals surface area contributed by atoms with Crippen LogP contribution in [0.1, 0.15) is 73.1 Å². The third-order valence-corrected chi connectivity index (χ3v) is 4.13. The lowest BCUT2D eigenvalue weighted by Crippen LogP contribution is -2.15. The van der Waals surface area contributed by atoms with Crippen LogP contribution in [0.3, 0.4) is 0 Å². The van der Waals surface area contributed by atoms with Gasteiger partial charge in [-0.2, -0.15) is 0 Å². The van der Waals surface area contributed by atoms with Crippen LogP contribution in [-0.4, -0.2) is 18.2 Å². The van der Waals surface area contributed by atoms with Gasteiger partial charge >= 0.3 is 11.9 Å². The first-order valence-corrected chi connectivity index (χ1v) is 9.31. The predicted octanol–water partition coefficient (Wildman–Crippen LogP) is 5.56. The van der Waals surface area contributed by atoms with Crippen LogP contribution in [0.4, 0.5) is 0 Å². The molecule has 0 aliphatic carbocycles. The van der Waals surface area contributed by atoms with Crippen molar-refractivity contribution in [1.82, 2.24) is 0 Å². The summed E-state index contributed by atoms with van der Waals surface area (Å²) < 4.78 is 9.85. The Bertz CT molecular complexity index is 616. The van der Waals surface area contributed by atoms with Crippen LogP contribution in [0.25, 0.3) is 0 Å². The van der Waals surface area contributed by atoms with Crippen molar-refractivity contribution in [2.24, 2.45) is 0 Å². The molecule has 0 aromatic rings. The average molecular weight is 360 g/mol. The summed E-state index contributed by atoms with van der Waals surface area (Å²) in [5.41, 5.74) is 4.71. The summed E-state index contributed by atoms with van der Waals surface area (Å²) in [6.07, 6.45) is 13.2. The molecule has 1 heterocycles. The second-order valence-electron chi connectivity index (χ2n) is 7.07. The molecule has 1 rings (SSSR count). The first-order valence-electron chi connectivity index (χ1n) is 9.31. The molecule has 144 valence electrons. The van der Waals surface area contributed by atoms with E-state index >= 15 is 0 Å². The van der Waals surface area contributed by atoms with E-state index in [9.17, 15) is 9.59 Å². The van der Waals surface area contributed by atoms with Crippen molar-refractivity contribution < 1.29 is 19.1 Å². The third kappa shape index (κ3) is 9.40. The molecular weight excluding hydrogens is 328 g/mol. The van der Waals surface area contributed by atoms with Crippen LogP contribution in [-0.2, 0) is 19.1 Å². The maximum Gasteiger partial charge on any atom is 0.337 e. The van der Waals surface area contributed by atoms with Crippen molar-refractivity contribution in [2.45, 2.75) is 79.4 Å². The predicted molar refractivity (Wildman–Crippen MR) is 104 cm³/mol. The summed E-state index contributed by atoms with van der Waals surface area (Å²) in [6.45, 7) is 9.87. The Labute approximate surface area is 157 Å². The summed E-state index contributed by atoms with van der Waals surface area (Å²) in [5.74, 6) is -0.850. The van der Waals surface area contributed by atoms with Crippen molar-refractivity contribution in [3.63, 3.8) is 0 Å². The molecule has 0 radical (unpaired) electrons. The summed E-state index contributed by atoms with van der Waals surface area (Å²) in [6, 6.07) is 0. The van der Waals surface area contributed by atoms with Gasteiger partial charge in [-0.15, -0.1) is 0 Å². The SMILES string of the molecule is CC(=O)OC1C=C(CC/C=C(\C)CC/C=C(\C)CCC=C(C)C)C(=O)O1. The number of cyclic esters (lactones) is 1. The number of rotatable bonds is 10. The molecule has 0 saturated heterocycles. The maximum atomic E-state index is 11.7. The van der Waals surface area contributed by atoms with Crippen LogP contribution < -0.4 is 0 Å². The monoisotopic (exact) mass is 360 g/mol. The molecule has 4 heteroatoms. The Balaban J connectivity index is 2.32. The van der Waals surface area contributed by atoms with Crippen LogP contribution in [0.5, 0.6) is 0 Å². The number of allylic oxidation sites excluding steroid dienone is 6. The highest BCUT2D eigenvalue weighted by atomic mass is 16.7. The van der Waals surface area contributed by atoms with Gasteiger partial charge in [0, 0.05) is 18.6 Å². The third-order valence-electron chi connectivity index (χ3n) is 4.13.